The summed E-state index contributed by atoms with van der Waals surface area (Å²) in [5.41, 5.74) is 3.91. The fourth-order valence-electron chi connectivity index (χ4n) is 1.65. The van der Waals surface area contributed by atoms with E-state index in [4.69, 9.17) is 10.6 Å². The van der Waals surface area contributed by atoms with E-state index in [1.54, 1.807) is 18.4 Å². The second-order valence-corrected chi connectivity index (χ2v) is 4.92. The minimum Gasteiger partial charge on any atom is -0.497 e. The maximum atomic E-state index is 5.61. The number of nitrogens with zero attached hydrogens (tertiary/aromatic N) is 1. The molecule has 0 spiro atoms. The summed E-state index contributed by atoms with van der Waals surface area (Å²) in [5.74, 6) is 6.45. The van der Waals surface area contributed by atoms with E-state index in [1.165, 1.54) is 0 Å². The number of aromatic nitrogens is 1. The monoisotopic (exact) mass is 249 g/mol. The van der Waals surface area contributed by atoms with Gasteiger partial charge in [0.2, 0.25) is 0 Å². The van der Waals surface area contributed by atoms with Gasteiger partial charge in [-0.2, -0.15) is 0 Å². The zero-order chi connectivity index (χ0) is 12.3. The fraction of sp³-hybridized carbons (Fsp3) is 0.250. The molecule has 0 saturated heterocycles. The molecule has 0 bridgehead atoms. The van der Waals surface area contributed by atoms with Crippen molar-refractivity contribution in [3.8, 4) is 5.75 Å². The molecule has 0 radical (unpaired) electrons. The Morgan fingerprint density at radius 2 is 2.06 bits per heavy atom. The second kappa shape index (κ2) is 5.27. The van der Waals surface area contributed by atoms with Crippen LogP contribution in [0.3, 0.4) is 0 Å². The van der Waals surface area contributed by atoms with Gasteiger partial charge in [-0.25, -0.2) is 10.4 Å². The molecule has 2 rings (SSSR count). The van der Waals surface area contributed by atoms with E-state index < -0.39 is 0 Å². The van der Waals surface area contributed by atoms with E-state index in [9.17, 15) is 0 Å². The Morgan fingerprint density at radius 3 is 2.53 bits per heavy atom. The van der Waals surface area contributed by atoms with Crippen LogP contribution in [0.1, 0.15) is 21.5 Å². The summed E-state index contributed by atoms with van der Waals surface area (Å²) in [6, 6.07) is 7.82. The van der Waals surface area contributed by atoms with Crippen LogP contribution in [-0.2, 0) is 0 Å². The Bertz CT molecular complexity index is 481. The Labute approximate surface area is 104 Å². The quantitative estimate of drug-likeness (QED) is 0.643. The largest absolute Gasteiger partial charge is 0.497 e. The van der Waals surface area contributed by atoms with Gasteiger partial charge in [0.25, 0.3) is 0 Å². The summed E-state index contributed by atoms with van der Waals surface area (Å²) in [6.07, 6.45) is 1.86. The summed E-state index contributed by atoms with van der Waals surface area (Å²) in [6.45, 7) is 1.98. The van der Waals surface area contributed by atoms with Crippen LogP contribution in [-0.4, -0.2) is 12.1 Å². The molecule has 17 heavy (non-hydrogen) atoms. The first-order valence-corrected chi connectivity index (χ1v) is 6.08. The van der Waals surface area contributed by atoms with Crippen LogP contribution in [0.15, 0.2) is 30.5 Å². The van der Waals surface area contributed by atoms with E-state index >= 15 is 0 Å². The minimum atomic E-state index is -0.0212. The highest BCUT2D eigenvalue weighted by Crippen LogP contribution is 2.27. The highest BCUT2D eigenvalue weighted by Gasteiger charge is 2.14. The molecule has 0 saturated carbocycles. The Balaban J connectivity index is 2.28. The average molecular weight is 249 g/mol. The summed E-state index contributed by atoms with van der Waals surface area (Å²) in [5, 5.41) is 1.04. The van der Waals surface area contributed by atoms with Crippen molar-refractivity contribution < 1.29 is 4.74 Å². The highest BCUT2D eigenvalue weighted by molar-refractivity contribution is 7.11. The van der Waals surface area contributed by atoms with Crippen molar-refractivity contribution in [1.29, 1.82) is 0 Å². The van der Waals surface area contributed by atoms with Gasteiger partial charge in [0.15, 0.2) is 0 Å². The summed E-state index contributed by atoms with van der Waals surface area (Å²) in [7, 11) is 1.65. The van der Waals surface area contributed by atoms with Gasteiger partial charge in [0.05, 0.1) is 18.2 Å². The van der Waals surface area contributed by atoms with Crippen LogP contribution in [0.4, 0.5) is 0 Å². The number of ether oxygens (including phenoxy) is 1. The number of benzene rings is 1. The lowest BCUT2D eigenvalue weighted by Gasteiger charge is -2.14. The van der Waals surface area contributed by atoms with Crippen molar-refractivity contribution >= 4 is 11.3 Å². The second-order valence-electron chi connectivity index (χ2n) is 3.65. The molecule has 90 valence electrons. The summed E-state index contributed by atoms with van der Waals surface area (Å²) >= 11 is 1.64. The van der Waals surface area contributed by atoms with E-state index in [-0.39, 0.29) is 6.04 Å². The van der Waals surface area contributed by atoms with E-state index in [0.717, 1.165) is 21.2 Å². The number of aryl methyl sites for hydroxylation is 1. The van der Waals surface area contributed by atoms with Crippen molar-refractivity contribution in [2.45, 2.75) is 13.0 Å². The minimum absolute atomic E-state index is 0.0212. The molecule has 0 aliphatic rings. The lowest BCUT2D eigenvalue weighted by Crippen LogP contribution is -2.28. The summed E-state index contributed by atoms with van der Waals surface area (Å²) in [4.78, 5) is 5.35. The van der Waals surface area contributed by atoms with Gasteiger partial charge < -0.3 is 4.74 Å². The Kier molecular flexibility index (Phi) is 3.73. The number of methoxy groups -OCH3 is 1. The average Bonchev–Trinajstić information content (AvgIpc) is 2.78. The SMILES string of the molecule is COc1ccc(C(NN)c2cnc(C)s2)cc1. The molecule has 0 aliphatic heterocycles. The number of rotatable bonds is 4. The van der Waals surface area contributed by atoms with Gasteiger partial charge in [0.1, 0.15) is 5.75 Å². The molecule has 2 aromatic rings. The van der Waals surface area contributed by atoms with Crippen LogP contribution < -0.4 is 16.0 Å². The topological polar surface area (TPSA) is 60.2 Å². The Morgan fingerprint density at radius 1 is 1.35 bits per heavy atom. The number of hydrogen-bond donors (Lipinski definition) is 2. The van der Waals surface area contributed by atoms with Crippen molar-refractivity contribution in [2.24, 2.45) is 5.84 Å². The molecule has 1 unspecified atom stereocenters. The molecule has 0 fully saturated rings. The number of thiazole rings is 1. The van der Waals surface area contributed by atoms with Crippen molar-refractivity contribution in [3.05, 3.63) is 45.9 Å². The van der Waals surface area contributed by atoms with Gasteiger partial charge in [-0.3, -0.25) is 5.84 Å². The van der Waals surface area contributed by atoms with Gasteiger partial charge in [-0.05, 0) is 24.6 Å². The van der Waals surface area contributed by atoms with E-state index in [2.05, 4.69) is 10.4 Å². The fourth-order valence-corrected chi connectivity index (χ4v) is 2.52. The molecule has 3 N–H and O–H groups in total. The van der Waals surface area contributed by atoms with Crippen LogP contribution in [0.2, 0.25) is 0 Å². The standard InChI is InChI=1S/C12H15N3OS/c1-8-14-7-11(17-8)12(15-13)9-3-5-10(16-2)6-4-9/h3-7,12,15H,13H2,1-2H3. The maximum Gasteiger partial charge on any atom is 0.118 e. The summed E-state index contributed by atoms with van der Waals surface area (Å²) < 4.78 is 5.13. The lowest BCUT2D eigenvalue weighted by atomic mass is 10.1. The normalized spacial score (nSPS) is 12.4. The number of hydrazine groups is 1. The van der Waals surface area contributed by atoms with Crippen LogP contribution in [0, 0.1) is 6.92 Å². The third-order valence-corrected chi connectivity index (χ3v) is 3.52. The number of nitrogens with two attached hydrogens (primary N) is 1. The third kappa shape index (κ3) is 2.63. The maximum absolute atomic E-state index is 5.61. The molecule has 0 amide bonds. The first-order chi connectivity index (χ1) is 8.24. The van der Waals surface area contributed by atoms with Crippen molar-refractivity contribution in [3.63, 3.8) is 0 Å². The molecule has 1 atom stereocenters. The molecule has 1 aromatic carbocycles. The van der Waals surface area contributed by atoms with Gasteiger partial charge in [-0.15, -0.1) is 11.3 Å². The third-order valence-electron chi connectivity index (χ3n) is 2.54. The van der Waals surface area contributed by atoms with Crippen LogP contribution in [0.25, 0.3) is 0 Å². The molecule has 1 heterocycles. The van der Waals surface area contributed by atoms with Crippen LogP contribution in [0.5, 0.6) is 5.75 Å². The number of hydrogen-bond acceptors (Lipinski definition) is 5. The number of nitrogens with one attached hydrogen (secondary N) is 1. The van der Waals surface area contributed by atoms with E-state index in [1.807, 2.05) is 37.4 Å². The smallest absolute Gasteiger partial charge is 0.118 e. The van der Waals surface area contributed by atoms with Gasteiger partial charge in [0, 0.05) is 11.1 Å². The Hall–Kier alpha value is -1.43. The molecule has 4 nitrogen and oxygen atoms in total. The van der Waals surface area contributed by atoms with Gasteiger partial charge >= 0.3 is 0 Å². The zero-order valence-corrected chi connectivity index (χ0v) is 10.6. The van der Waals surface area contributed by atoms with Crippen LogP contribution >= 0.6 is 11.3 Å². The van der Waals surface area contributed by atoms with Gasteiger partial charge in [-0.1, -0.05) is 12.1 Å². The predicted octanol–water partition coefficient (Wildman–Crippen LogP) is 2.01. The first kappa shape index (κ1) is 12.0. The molecular formula is C12H15N3OS. The van der Waals surface area contributed by atoms with Crippen molar-refractivity contribution in [2.75, 3.05) is 7.11 Å². The predicted molar refractivity (Wildman–Crippen MR) is 69.0 cm³/mol. The molecule has 1 aromatic heterocycles. The van der Waals surface area contributed by atoms with Crippen molar-refractivity contribution in [1.82, 2.24) is 10.4 Å². The zero-order valence-electron chi connectivity index (χ0n) is 9.81. The lowest BCUT2D eigenvalue weighted by molar-refractivity contribution is 0.414. The highest BCUT2D eigenvalue weighted by atomic mass is 32.1. The molecular weight excluding hydrogens is 234 g/mol. The molecule has 5 heteroatoms. The first-order valence-electron chi connectivity index (χ1n) is 5.27. The van der Waals surface area contributed by atoms with E-state index in [0.29, 0.717) is 0 Å². The molecule has 0 aliphatic carbocycles.